The van der Waals surface area contributed by atoms with Crippen LogP contribution in [-0.4, -0.2) is 23.7 Å². The summed E-state index contributed by atoms with van der Waals surface area (Å²) in [4.78, 5) is 4.04. The van der Waals surface area contributed by atoms with Crippen LogP contribution < -0.4 is 10.1 Å². The molecule has 0 radical (unpaired) electrons. The fraction of sp³-hybridized carbons (Fsp3) is 0.214. The molecule has 0 fully saturated rings. The van der Waals surface area contributed by atoms with E-state index < -0.39 is 0 Å². The molecule has 18 heavy (non-hydrogen) atoms. The highest BCUT2D eigenvalue weighted by Gasteiger charge is 1.97. The Hall–Kier alpha value is -2.23. The van der Waals surface area contributed by atoms with Gasteiger partial charge in [-0.15, -0.1) is 0 Å². The Bertz CT molecular complexity index is 497. The van der Waals surface area contributed by atoms with Gasteiger partial charge in [-0.3, -0.25) is 0 Å². The number of methoxy groups -OCH3 is 1. The van der Waals surface area contributed by atoms with Crippen molar-refractivity contribution in [1.82, 2.24) is 4.98 Å². The third-order valence-corrected chi connectivity index (χ3v) is 2.62. The minimum Gasteiger partial charge on any atom is -0.508 e. The smallest absolute Gasteiger partial charge is 0.214 e. The van der Waals surface area contributed by atoms with Crippen LogP contribution in [0.2, 0.25) is 0 Å². The molecule has 0 spiro atoms. The van der Waals surface area contributed by atoms with Crippen LogP contribution in [0.25, 0.3) is 0 Å². The largest absolute Gasteiger partial charge is 0.508 e. The van der Waals surface area contributed by atoms with Gasteiger partial charge >= 0.3 is 0 Å². The van der Waals surface area contributed by atoms with E-state index in [9.17, 15) is 5.11 Å². The number of phenols is 1. The van der Waals surface area contributed by atoms with Crippen molar-refractivity contribution in [2.75, 3.05) is 19.0 Å². The van der Waals surface area contributed by atoms with Crippen molar-refractivity contribution in [3.05, 3.63) is 48.2 Å². The molecule has 4 nitrogen and oxygen atoms in total. The molecule has 2 N–H and O–H groups in total. The molecule has 1 aromatic heterocycles. The van der Waals surface area contributed by atoms with Crippen molar-refractivity contribution in [2.24, 2.45) is 0 Å². The van der Waals surface area contributed by atoms with Crippen molar-refractivity contribution in [3.8, 4) is 11.6 Å². The second-order valence-electron chi connectivity index (χ2n) is 3.93. The molecular formula is C14H16N2O2. The molecule has 2 rings (SSSR count). The number of hydrogen-bond acceptors (Lipinski definition) is 4. The Balaban J connectivity index is 1.86. The summed E-state index contributed by atoms with van der Waals surface area (Å²) >= 11 is 0. The topological polar surface area (TPSA) is 54.4 Å². The summed E-state index contributed by atoms with van der Waals surface area (Å²) in [6.07, 6.45) is 2.60. The molecule has 0 aliphatic carbocycles. The van der Waals surface area contributed by atoms with Gasteiger partial charge in [0.15, 0.2) is 0 Å². The number of nitrogens with one attached hydrogen (secondary N) is 1. The fourth-order valence-electron chi connectivity index (χ4n) is 1.64. The Labute approximate surface area is 106 Å². The first-order valence-corrected chi connectivity index (χ1v) is 5.80. The van der Waals surface area contributed by atoms with Gasteiger partial charge in [-0.2, -0.15) is 0 Å². The average Bonchev–Trinajstić information content (AvgIpc) is 2.41. The number of aromatic hydroxyl groups is 1. The molecule has 1 heterocycles. The zero-order valence-electron chi connectivity index (χ0n) is 10.3. The molecule has 1 aromatic carbocycles. The van der Waals surface area contributed by atoms with Gasteiger partial charge < -0.3 is 15.2 Å². The van der Waals surface area contributed by atoms with E-state index in [1.807, 2.05) is 24.3 Å². The van der Waals surface area contributed by atoms with Crippen molar-refractivity contribution in [2.45, 2.75) is 6.42 Å². The number of benzene rings is 1. The molecular weight excluding hydrogens is 228 g/mol. The van der Waals surface area contributed by atoms with Crippen LogP contribution in [-0.2, 0) is 6.42 Å². The second kappa shape index (κ2) is 5.91. The minimum absolute atomic E-state index is 0.297. The quantitative estimate of drug-likeness (QED) is 0.848. The van der Waals surface area contributed by atoms with Crippen molar-refractivity contribution in [3.63, 3.8) is 0 Å². The molecule has 0 saturated carbocycles. The Morgan fingerprint density at radius 2 is 2.00 bits per heavy atom. The van der Waals surface area contributed by atoms with E-state index in [2.05, 4.69) is 10.3 Å². The number of pyridine rings is 1. The first-order valence-electron chi connectivity index (χ1n) is 5.80. The summed E-state index contributed by atoms with van der Waals surface area (Å²) < 4.78 is 5.05. The normalized spacial score (nSPS) is 10.1. The maximum absolute atomic E-state index is 9.18. The molecule has 0 bridgehead atoms. The number of hydrogen-bond donors (Lipinski definition) is 2. The fourth-order valence-corrected chi connectivity index (χ4v) is 1.64. The van der Waals surface area contributed by atoms with Gasteiger partial charge in [0.2, 0.25) is 5.88 Å². The standard InChI is InChI=1S/C14H16N2O2/c1-18-14-10-12(7-9-16-14)15-8-6-11-2-4-13(17)5-3-11/h2-5,7,9-10,17H,6,8H2,1H3,(H,15,16). The molecule has 0 amide bonds. The molecule has 0 unspecified atom stereocenters. The van der Waals surface area contributed by atoms with Gasteiger partial charge in [-0.25, -0.2) is 4.98 Å². The maximum atomic E-state index is 9.18. The molecule has 94 valence electrons. The summed E-state index contributed by atoms with van der Waals surface area (Å²) in [5.74, 6) is 0.898. The average molecular weight is 244 g/mol. The Kier molecular flexibility index (Phi) is 4.02. The van der Waals surface area contributed by atoms with Gasteiger partial charge in [0, 0.05) is 24.5 Å². The van der Waals surface area contributed by atoms with Crippen LogP contribution in [0, 0.1) is 0 Å². The lowest BCUT2D eigenvalue weighted by Crippen LogP contribution is -2.05. The first-order chi connectivity index (χ1) is 8.78. The SMILES string of the molecule is COc1cc(NCCc2ccc(O)cc2)ccn1. The van der Waals surface area contributed by atoms with E-state index in [1.165, 1.54) is 5.56 Å². The molecule has 4 heteroatoms. The lowest BCUT2D eigenvalue weighted by Gasteiger charge is -2.07. The van der Waals surface area contributed by atoms with E-state index in [0.29, 0.717) is 11.6 Å². The number of aromatic nitrogens is 1. The summed E-state index contributed by atoms with van der Waals surface area (Å²) in [6, 6.07) is 11.0. The third kappa shape index (κ3) is 3.38. The summed E-state index contributed by atoms with van der Waals surface area (Å²) in [5.41, 5.74) is 2.17. The number of ether oxygens (including phenoxy) is 1. The van der Waals surface area contributed by atoms with Crippen LogP contribution in [0.1, 0.15) is 5.56 Å². The zero-order valence-corrected chi connectivity index (χ0v) is 10.3. The summed E-state index contributed by atoms with van der Waals surface area (Å²) in [5, 5.41) is 12.5. The van der Waals surface area contributed by atoms with Crippen LogP contribution in [0.4, 0.5) is 5.69 Å². The predicted molar refractivity (Wildman–Crippen MR) is 71.1 cm³/mol. The van der Waals surface area contributed by atoms with Gasteiger partial charge in [-0.05, 0) is 30.2 Å². The summed E-state index contributed by atoms with van der Waals surface area (Å²) in [7, 11) is 1.60. The van der Waals surface area contributed by atoms with Crippen LogP contribution in [0.5, 0.6) is 11.6 Å². The van der Waals surface area contributed by atoms with Crippen LogP contribution >= 0.6 is 0 Å². The minimum atomic E-state index is 0.297. The number of rotatable bonds is 5. The molecule has 0 saturated heterocycles. The number of nitrogens with zero attached hydrogens (tertiary/aromatic N) is 1. The number of anilines is 1. The maximum Gasteiger partial charge on any atom is 0.214 e. The monoisotopic (exact) mass is 244 g/mol. The third-order valence-electron chi connectivity index (χ3n) is 2.62. The predicted octanol–water partition coefficient (Wildman–Crippen LogP) is 2.45. The van der Waals surface area contributed by atoms with Crippen molar-refractivity contribution >= 4 is 5.69 Å². The first kappa shape index (κ1) is 12.2. The highest BCUT2D eigenvalue weighted by molar-refractivity contribution is 5.45. The molecule has 0 aliphatic heterocycles. The molecule has 2 aromatic rings. The van der Waals surface area contributed by atoms with Crippen LogP contribution in [0.3, 0.4) is 0 Å². The van der Waals surface area contributed by atoms with Gasteiger partial charge in [0.05, 0.1) is 7.11 Å². The van der Waals surface area contributed by atoms with E-state index in [4.69, 9.17) is 4.74 Å². The Morgan fingerprint density at radius 3 is 2.72 bits per heavy atom. The van der Waals surface area contributed by atoms with Gasteiger partial charge in [-0.1, -0.05) is 12.1 Å². The van der Waals surface area contributed by atoms with Crippen molar-refractivity contribution in [1.29, 1.82) is 0 Å². The lowest BCUT2D eigenvalue weighted by atomic mass is 10.1. The van der Waals surface area contributed by atoms with E-state index in [-0.39, 0.29) is 0 Å². The zero-order chi connectivity index (χ0) is 12.8. The second-order valence-corrected chi connectivity index (χ2v) is 3.93. The molecule has 0 aliphatic rings. The van der Waals surface area contributed by atoms with E-state index in [1.54, 1.807) is 25.4 Å². The Morgan fingerprint density at radius 1 is 1.22 bits per heavy atom. The summed E-state index contributed by atoms with van der Waals surface area (Å²) in [6.45, 7) is 0.817. The van der Waals surface area contributed by atoms with Crippen LogP contribution in [0.15, 0.2) is 42.6 Å². The van der Waals surface area contributed by atoms with E-state index >= 15 is 0 Å². The highest BCUT2D eigenvalue weighted by atomic mass is 16.5. The van der Waals surface area contributed by atoms with Crippen molar-refractivity contribution < 1.29 is 9.84 Å². The number of phenolic OH excluding ortho intramolecular Hbond substituents is 1. The van der Waals surface area contributed by atoms with Gasteiger partial charge in [0.1, 0.15) is 5.75 Å². The molecule has 0 atom stereocenters. The lowest BCUT2D eigenvalue weighted by molar-refractivity contribution is 0.398. The van der Waals surface area contributed by atoms with Gasteiger partial charge in [0.25, 0.3) is 0 Å². The van der Waals surface area contributed by atoms with E-state index in [0.717, 1.165) is 18.7 Å². The highest BCUT2D eigenvalue weighted by Crippen LogP contribution is 2.14.